The van der Waals surface area contributed by atoms with Crippen LogP contribution in [0.25, 0.3) is 0 Å². The van der Waals surface area contributed by atoms with Crippen LogP contribution in [0.2, 0.25) is 5.02 Å². The maximum atomic E-state index is 13.9. The maximum absolute atomic E-state index is 13.9. The molecule has 192 valence electrons. The average molecular weight is 535 g/mol. The summed E-state index contributed by atoms with van der Waals surface area (Å²) in [5.74, 6) is -1.49. The Hall–Kier alpha value is -4.42. The highest BCUT2D eigenvalue weighted by Crippen LogP contribution is 2.61. The lowest BCUT2D eigenvalue weighted by molar-refractivity contribution is -0.122. The lowest BCUT2D eigenvalue weighted by Crippen LogP contribution is -2.41. The molecule has 0 radical (unpaired) electrons. The molecule has 4 aliphatic rings. The molecule has 0 unspecified atom stereocenters. The molecule has 1 saturated heterocycles. The van der Waals surface area contributed by atoms with Crippen LogP contribution < -0.4 is 15.0 Å². The number of hydrogen-bond acceptors (Lipinski definition) is 4. The van der Waals surface area contributed by atoms with E-state index in [1.165, 1.54) is 12.0 Å². The SMILES string of the molecule is COc1ccc(Cl)cc1NC(=O)c1ccc(N2C(=O)[C@@H]3C4c5ccccc5C(c5ccccc54)[C@H]3C2=O)cc1. The molecule has 1 N–H and O–H groups in total. The van der Waals surface area contributed by atoms with Crippen LogP contribution in [0.1, 0.15) is 44.4 Å². The fourth-order valence-corrected chi connectivity index (χ4v) is 6.84. The molecule has 3 amide bonds. The van der Waals surface area contributed by atoms with Crippen molar-refractivity contribution in [2.24, 2.45) is 11.8 Å². The molecule has 0 saturated carbocycles. The molecule has 7 heteroatoms. The van der Waals surface area contributed by atoms with Crippen molar-refractivity contribution in [2.75, 3.05) is 17.3 Å². The second-order valence-electron chi connectivity index (χ2n) is 10.1. The second-order valence-corrected chi connectivity index (χ2v) is 10.6. The highest BCUT2D eigenvalue weighted by atomic mass is 35.5. The van der Waals surface area contributed by atoms with Gasteiger partial charge in [0.2, 0.25) is 11.8 Å². The quantitative estimate of drug-likeness (QED) is 0.326. The predicted molar refractivity (Wildman–Crippen MR) is 148 cm³/mol. The van der Waals surface area contributed by atoms with Crippen molar-refractivity contribution in [1.29, 1.82) is 0 Å². The third kappa shape index (κ3) is 3.45. The first kappa shape index (κ1) is 23.7. The summed E-state index contributed by atoms with van der Waals surface area (Å²) in [6.07, 6.45) is 0. The number of nitrogens with zero attached hydrogens (tertiary/aromatic N) is 1. The fourth-order valence-electron chi connectivity index (χ4n) is 6.67. The van der Waals surface area contributed by atoms with Gasteiger partial charge in [-0.25, -0.2) is 4.90 Å². The summed E-state index contributed by atoms with van der Waals surface area (Å²) >= 11 is 6.08. The Labute approximate surface area is 230 Å². The molecular formula is C32H23ClN2O4. The van der Waals surface area contributed by atoms with Crippen LogP contribution in [-0.2, 0) is 9.59 Å². The van der Waals surface area contributed by atoms with Crippen molar-refractivity contribution in [1.82, 2.24) is 0 Å². The topological polar surface area (TPSA) is 75.7 Å². The van der Waals surface area contributed by atoms with E-state index in [1.54, 1.807) is 42.5 Å². The van der Waals surface area contributed by atoms with Crippen LogP contribution in [0, 0.1) is 11.8 Å². The van der Waals surface area contributed by atoms with Crippen molar-refractivity contribution < 1.29 is 19.1 Å². The van der Waals surface area contributed by atoms with Crippen molar-refractivity contribution in [3.63, 3.8) is 0 Å². The number of methoxy groups -OCH3 is 1. The minimum Gasteiger partial charge on any atom is -0.495 e. The zero-order valence-electron chi connectivity index (χ0n) is 20.9. The van der Waals surface area contributed by atoms with Gasteiger partial charge in [0.25, 0.3) is 5.91 Å². The van der Waals surface area contributed by atoms with Crippen molar-refractivity contribution >= 4 is 40.7 Å². The van der Waals surface area contributed by atoms with E-state index in [4.69, 9.17) is 16.3 Å². The lowest BCUT2D eigenvalue weighted by atomic mass is 9.55. The van der Waals surface area contributed by atoms with Crippen LogP contribution in [0.3, 0.4) is 0 Å². The zero-order chi connectivity index (χ0) is 26.8. The van der Waals surface area contributed by atoms with Crippen LogP contribution in [0.4, 0.5) is 11.4 Å². The summed E-state index contributed by atoms with van der Waals surface area (Å²) < 4.78 is 5.31. The standard InChI is InChI=1S/C32H23ClN2O4/c1-39-25-15-12-18(33)16-24(25)34-30(36)17-10-13-19(14-11-17)35-31(37)28-26-20-6-2-3-7-21(20)27(29(28)32(35)38)23-9-5-4-8-22(23)26/h2-16,26-29H,1H3,(H,34,36)/t26?,27?,28-,29-/m1/s1. The van der Waals surface area contributed by atoms with E-state index in [9.17, 15) is 14.4 Å². The number of imide groups is 1. The minimum atomic E-state index is -0.453. The van der Waals surface area contributed by atoms with E-state index < -0.39 is 11.8 Å². The van der Waals surface area contributed by atoms with Crippen LogP contribution in [0.15, 0.2) is 91.0 Å². The van der Waals surface area contributed by atoms with E-state index >= 15 is 0 Å². The summed E-state index contributed by atoms with van der Waals surface area (Å²) in [5, 5.41) is 3.28. The van der Waals surface area contributed by atoms with Gasteiger partial charge in [-0.3, -0.25) is 14.4 Å². The third-order valence-corrected chi connectivity index (χ3v) is 8.48. The molecule has 2 bridgehead atoms. The summed E-state index contributed by atoms with van der Waals surface area (Å²) in [6, 6.07) is 27.8. The number of nitrogens with one attached hydrogen (secondary N) is 1. The van der Waals surface area contributed by atoms with Gasteiger partial charge in [-0.15, -0.1) is 0 Å². The summed E-state index contributed by atoms with van der Waals surface area (Å²) in [5.41, 5.74) is 5.81. The monoisotopic (exact) mass is 534 g/mol. The van der Waals surface area contributed by atoms with E-state index in [1.807, 2.05) is 24.3 Å². The number of carbonyl (C=O) groups excluding carboxylic acids is 3. The predicted octanol–water partition coefficient (Wildman–Crippen LogP) is 6.00. The number of carbonyl (C=O) groups is 3. The van der Waals surface area contributed by atoms with E-state index in [0.717, 1.165) is 22.3 Å². The molecule has 4 aromatic rings. The van der Waals surface area contributed by atoms with Gasteiger partial charge in [0.15, 0.2) is 0 Å². The van der Waals surface area contributed by atoms with Crippen molar-refractivity contribution in [2.45, 2.75) is 11.8 Å². The second kappa shape index (κ2) is 8.82. The number of halogens is 1. The Kier molecular flexibility index (Phi) is 5.35. The molecule has 2 atom stereocenters. The van der Waals surface area contributed by atoms with Gasteiger partial charge in [-0.05, 0) is 64.7 Å². The van der Waals surface area contributed by atoms with Crippen molar-refractivity contribution in [3.8, 4) is 5.75 Å². The van der Waals surface area contributed by atoms with Gasteiger partial charge in [0.05, 0.1) is 30.3 Å². The summed E-state index contributed by atoms with van der Waals surface area (Å²) in [4.78, 5) is 42.1. The van der Waals surface area contributed by atoms with Gasteiger partial charge >= 0.3 is 0 Å². The van der Waals surface area contributed by atoms with Gasteiger partial charge in [0.1, 0.15) is 5.75 Å². The number of anilines is 2. The number of hydrogen-bond donors (Lipinski definition) is 1. The minimum absolute atomic E-state index is 0.161. The first-order chi connectivity index (χ1) is 19.0. The molecule has 0 aromatic heterocycles. The first-order valence-electron chi connectivity index (χ1n) is 12.8. The van der Waals surface area contributed by atoms with Crippen LogP contribution in [0.5, 0.6) is 5.75 Å². The van der Waals surface area contributed by atoms with Gasteiger partial charge in [-0.1, -0.05) is 60.1 Å². The van der Waals surface area contributed by atoms with Crippen LogP contribution >= 0.6 is 11.6 Å². The largest absolute Gasteiger partial charge is 0.495 e. The maximum Gasteiger partial charge on any atom is 0.255 e. The Morgan fingerprint density at radius 1 is 0.769 bits per heavy atom. The van der Waals surface area contributed by atoms with Crippen molar-refractivity contribution in [3.05, 3.63) is 124 Å². The van der Waals surface area contributed by atoms with E-state index in [-0.39, 0.29) is 29.6 Å². The van der Waals surface area contributed by atoms with Gasteiger partial charge < -0.3 is 10.1 Å². The Bertz CT molecular complexity index is 1570. The first-order valence-corrected chi connectivity index (χ1v) is 13.2. The number of amides is 3. The van der Waals surface area contributed by atoms with E-state index in [0.29, 0.717) is 27.7 Å². The zero-order valence-corrected chi connectivity index (χ0v) is 21.7. The third-order valence-electron chi connectivity index (χ3n) is 8.25. The molecule has 1 fully saturated rings. The molecule has 39 heavy (non-hydrogen) atoms. The molecular weight excluding hydrogens is 512 g/mol. The molecule has 1 aliphatic heterocycles. The van der Waals surface area contributed by atoms with Crippen LogP contribution in [-0.4, -0.2) is 24.8 Å². The van der Waals surface area contributed by atoms with E-state index in [2.05, 4.69) is 29.6 Å². The highest BCUT2D eigenvalue weighted by Gasteiger charge is 2.61. The van der Waals surface area contributed by atoms with Gasteiger partial charge in [0, 0.05) is 22.4 Å². The van der Waals surface area contributed by atoms with Gasteiger partial charge in [-0.2, -0.15) is 0 Å². The molecule has 8 rings (SSSR count). The molecule has 6 nitrogen and oxygen atoms in total. The Morgan fingerprint density at radius 3 is 1.77 bits per heavy atom. The Balaban J connectivity index is 1.20. The fraction of sp³-hybridized carbons (Fsp3) is 0.156. The summed E-state index contributed by atoms with van der Waals surface area (Å²) in [7, 11) is 1.51. The highest BCUT2D eigenvalue weighted by molar-refractivity contribution is 6.31. The summed E-state index contributed by atoms with van der Waals surface area (Å²) in [6.45, 7) is 0. The molecule has 1 heterocycles. The number of rotatable bonds is 4. The lowest BCUT2D eigenvalue weighted by Gasteiger charge is -2.45. The smallest absolute Gasteiger partial charge is 0.255 e. The Morgan fingerprint density at radius 2 is 1.28 bits per heavy atom. The average Bonchev–Trinajstić information content (AvgIpc) is 3.23. The number of ether oxygens (including phenoxy) is 1. The normalized spacial score (nSPS) is 22.3. The molecule has 0 spiro atoms. The number of benzene rings is 4. The molecule has 3 aliphatic carbocycles. The molecule has 4 aromatic carbocycles.